The van der Waals surface area contributed by atoms with Crippen LogP contribution >= 0.6 is 0 Å². The lowest BCUT2D eigenvalue weighted by molar-refractivity contribution is 0.259. The van der Waals surface area contributed by atoms with Crippen LogP contribution in [0.15, 0.2) is 42.6 Å². The third kappa shape index (κ3) is 3.46. The van der Waals surface area contributed by atoms with Crippen LogP contribution in [-0.4, -0.2) is 15.0 Å². The van der Waals surface area contributed by atoms with Crippen LogP contribution in [0.25, 0.3) is 21.9 Å². The Balaban J connectivity index is 1.26. The summed E-state index contributed by atoms with van der Waals surface area (Å²) in [5.74, 6) is 0.677. The van der Waals surface area contributed by atoms with E-state index in [0.717, 1.165) is 42.4 Å². The van der Waals surface area contributed by atoms with Gasteiger partial charge in [0.15, 0.2) is 11.6 Å². The summed E-state index contributed by atoms with van der Waals surface area (Å²) in [6, 6.07) is 9.23. The van der Waals surface area contributed by atoms with E-state index in [0.29, 0.717) is 34.7 Å². The van der Waals surface area contributed by atoms with Gasteiger partial charge in [0.05, 0.1) is 16.6 Å². The van der Waals surface area contributed by atoms with Gasteiger partial charge < -0.3 is 4.98 Å². The standard InChI is InChI=1S/C26H24F3N3/c27-17-7-8-22-19(11-17)18(9-10-30-22)14-1-3-15(4-2-14)25(16-5-6-16)26-31-23-12-20(28)21(29)13-24(23)32-26/h7-16,25H,1-6H2,(H,31,32)/t14?,15?,25-/m0/s1. The lowest BCUT2D eigenvalue weighted by atomic mass is 9.72. The first kappa shape index (κ1) is 19.8. The van der Waals surface area contributed by atoms with Gasteiger partial charge in [-0.2, -0.15) is 0 Å². The van der Waals surface area contributed by atoms with E-state index in [1.54, 1.807) is 12.1 Å². The van der Waals surface area contributed by atoms with Gasteiger partial charge in [0.1, 0.15) is 11.6 Å². The van der Waals surface area contributed by atoms with Crippen LogP contribution in [0.4, 0.5) is 13.2 Å². The van der Waals surface area contributed by atoms with E-state index in [4.69, 9.17) is 0 Å². The van der Waals surface area contributed by atoms with Gasteiger partial charge in [0, 0.05) is 29.6 Å². The van der Waals surface area contributed by atoms with Gasteiger partial charge in [-0.3, -0.25) is 4.98 Å². The second kappa shape index (κ2) is 7.61. The van der Waals surface area contributed by atoms with Crippen molar-refractivity contribution in [1.29, 1.82) is 0 Å². The summed E-state index contributed by atoms with van der Waals surface area (Å²) in [4.78, 5) is 12.3. The lowest BCUT2D eigenvalue weighted by Crippen LogP contribution is -2.22. The van der Waals surface area contributed by atoms with E-state index in [1.807, 2.05) is 12.3 Å². The molecule has 1 N–H and O–H groups in total. The molecule has 6 rings (SSSR count). The third-order valence-electron chi connectivity index (χ3n) is 7.44. The summed E-state index contributed by atoms with van der Waals surface area (Å²) >= 11 is 0. The predicted molar refractivity (Wildman–Crippen MR) is 118 cm³/mol. The molecular formula is C26H24F3N3. The second-order valence-electron chi connectivity index (χ2n) is 9.44. The quantitative estimate of drug-likeness (QED) is 0.375. The number of halogens is 3. The largest absolute Gasteiger partial charge is 0.342 e. The molecule has 2 fully saturated rings. The number of H-pyrrole nitrogens is 1. The van der Waals surface area contributed by atoms with Gasteiger partial charge in [-0.15, -0.1) is 0 Å². The molecule has 3 nitrogen and oxygen atoms in total. The number of benzene rings is 2. The zero-order valence-electron chi connectivity index (χ0n) is 17.6. The zero-order valence-corrected chi connectivity index (χ0v) is 17.6. The van der Waals surface area contributed by atoms with Gasteiger partial charge >= 0.3 is 0 Å². The molecule has 2 saturated carbocycles. The number of nitrogens with zero attached hydrogens (tertiary/aromatic N) is 2. The van der Waals surface area contributed by atoms with Crippen LogP contribution in [-0.2, 0) is 0 Å². The van der Waals surface area contributed by atoms with E-state index < -0.39 is 11.6 Å². The Morgan fingerprint density at radius 3 is 2.28 bits per heavy atom. The van der Waals surface area contributed by atoms with Crippen molar-refractivity contribution in [2.45, 2.75) is 50.4 Å². The summed E-state index contributed by atoms with van der Waals surface area (Å²) < 4.78 is 41.2. The molecule has 6 heteroatoms. The fourth-order valence-electron chi connectivity index (χ4n) is 5.75. The van der Waals surface area contributed by atoms with Gasteiger partial charge in [-0.25, -0.2) is 18.2 Å². The Morgan fingerprint density at radius 2 is 1.53 bits per heavy atom. The highest BCUT2D eigenvalue weighted by molar-refractivity contribution is 5.82. The number of hydrogen-bond donors (Lipinski definition) is 1. The fraction of sp³-hybridized carbons (Fsp3) is 0.385. The van der Waals surface area contributed by atoms with Crippen molar-refractivity contribution in [2.75, 3.05) is 0 Å². The minimum Gasteiger partial charge on any atom is -0.342 e. The SMILES string of the molecule is Fc1ccc2nccc(C3CCC([C@H](c4nc5cc(F)c(F)cc5[nH]4)C4CC4)CC3)c2c1. The number of pyridine rings is 1. The molecular weight excluding hydrogens is 411 g/mol. The molecule has 32 heavy (non-hydrogen) atoms. The summed E-state index contributed by atoms with van der Waals surface area (Å²) in [6.45, 7) is 0. The molecule has 2 aromatic heterocycles. The highest BCUT2D eigenvalue weighted by Gasteiger charge is 2.41. The average Bonchev–Trinajstić information content (AvgIpc) is 3.55. The molecule has 1 atom stereocenters. The smallest absolute Gasteiger partial charge is 0.161 e. The maximum absolute atomic E-state index is 13.9. The van der Waals surface area contributed by atoms with Crippen LogP contribution in [0, 0.1) is 29.3 Å². The molecule has 164 valence electrons. The molecule has 2 aliphatic carbocycles. The molecule has 0 saturated heterocycles. The van der Waals surface area contributed by atoms with Crippen LogP contribution in [0.5, 0.6) is 0 Å². The second-order valence-corrected chi connectivity index (χ2v) is 9.44. The van der Waals surface area contributed by atoms with Gasteiger partial charge in [-0.05, 0) is 86.1 Å². The summed E-state index contributed by atoms with van der Waals surface area (Å²) in [7, 11) is 0. The number of aromatic nitrogens is 3. The van der Waals surface area contributed by atoms with Crippen molar-refractivity contribution >= 4 is 21.9 Å². The fourth-order valence-corrected chi connectivity index (χ4v) is 5.75. The summed E-state index contributed by atoms with van der Waals surface area (Å²) in [6.07, 6.45) is 8.37. The molecule has 2 aliphatic rings. The number of rotatable bonds is 4. The Labute approximate surface area is 184 Å². The Kier molecular flexibility index (Phi) is 4.70. The average molecular weight is 435 g/mol. The maximum atomic E-state index is 13.9. The van der Waals surface area contributed by atoms with Crippen molar-refractivity contribution in [2.24, 2.45) is 11.8 Å². The molecule has 4 aromatic rings. The molecule has 0 aliphatic heterocycles. The number of aromatic amines is 1. The molecule has 0 amide bonds. The summed E-state index contributed by atoms with van der Waals surface area (Å²) in [5, 5.41) is 0.913. The topological polar surface area (TPSA) is 41.6 Å². The van der Waals surface area contributed by atoms with Crippen molar-refractivity contribution in [1.82, 2.24) is 15.0 Å². The minimum atomic E-state index is -0.861. The van der Waals surface area contributed by atoms with Crippen LogP contribution in [0.1, 0.15) is 61.7 Å². The van der Waals surface area contributed by atoms with Crippen molar-refractivity contribution in [3.8, 4) is 0 Å². The predicted octanol–water partition coefficient (Wildman–Crippen LogP) is 7.00. The van der Waals surface area contributed by atoms with Gasteiger partial charge in [0.2, 0.25) is 0 Å². The Hall–Kier alpha value is -2.89. The first-order valence-corrected chi connectivity index (χ1v) is 11.5. The van der Waals surface area contributed by atoms with E-state index in [9.17, 15) is 13.2 Å². The van der Waals surface area contributed by atoms with Crippen LogP contribution < -0.4 is 0 Å². The maximum Gasteiger partial charge on any atom is 0.161 e. The molecule has 0 bridgehead atoms. The highest BCUT2D eigenvalue weighted by Crippen LogP contribution is 2.51. The van der Waals surface area contributed by atoms with Crippen molar-refractivity contribution in [3.63, 3.8) is 0 Å². The Morgan fingerprint density at radius 1 is 0.812 bits per heavy atom. The Bertz CT molecular complexity index is 1260. The third-order valence-corrected chi connectivity index (χ3v) is 7.44. The van der Waals surface area contributed by atoms with E-state index in [2.05, 4.69) is 15.0 Å². The highest BCUT2D eigenvalue weighted by atomic mass is 19.2. The molecule has 2 heterocycles. The lowest BCUT2D eigenvalue weighted by Gasteiger charge is -2.34. The number of imidazole rings is 1. The van der Waals surface area contributed by atoms with Gasteiger partial charge in [-0.1, -0.05) is 0 Å². The van der Waals surface area contributed by atoms with E-state index in [-0.39, 0.29) is 5.82 Å². The van der Waals surface area contributed by atoms with E-state index >= 15 is 0 Å². The van der Waals surface area contributed by atoms with Gasteiger partial charge in [0.25, 0.3) is 0 Å². The molecule has 0 radical (unpaired) electrons. The summed E-state index contributed by atoms with van der Waals surface area (Å²) in [5.41, 5.74) is 3.07. The van der Waals surface area contributed by atoms with Crippen molar-refractivity contribution < 1.29 is 13.2 Å². The molecule has 0 unspecified atom stereocenters. The molecule has 0 spiro atoms. The number of fused-ring (bicyclic) bond motifs is 2. The first-order valence-electron chi connectivity index (χ1n) is 11.5. The normalized spacial score (nSPS) is 22.5. The number of hydrogen-bond acceptors (Lipinski definition) is 2. The van der Waals surface area contributed by atoms with Crippen molar-refractivity contribution in [3.05, 3.63) is 71.4 Å². The first-order chi connectivity index (χ1) is 15.6. The van der Waals surface area contributed by atoms with Crippen LogP contribution in [0.3, 0.4) is 0 Å². The van der Waals surface area contributed by atoms with Crippen LogP contribution in [0.2, 0.25) is 0 Å². The van der Waals surface area contributed by atoms with E-state index in [1.165, 1.54) is 36.6 Å². The molecule has 2 aromatic carbocycles. The zero-order chi connectivity index (χ0) is 21.8. The minimum absolute atomic E-state index is 0.230. The monoisotopic (exact) mass is 435 g/mol. The number of nitrogens with one attached hydrogen (secondary N) is 1.